The molecule has 3 N–H and O–H groups in total. The predicted octanol–water partition coefficient (Wildman–Crippen LogP) is 2.47. The Morgan fingerprint density at radius 2 is 2.04 bits per heavy atom. The molecular formula is C20H25N5O. The Balaban J connectivity index is 1.37. The summed E-state index contributed by atoms with van der Waals surface area (Å²) in [6, 6.07) is 6.17. The minimum absolute atomic E-state index is 0.0714. The number of hydrogen-bond acceptors (Lipinski definition) is 5. The molecule has 2 aliphatic rings. The lowest BCUT2D eigenvalue weighted by atomic mass is 9.86. The highest BCUT2D eigenvalue weighted by molar-refractivity contribution is 5.79. The van der Waals surface area contributed by atoms with Gasteiger partial charge in [-0.15, -0.1) is 0 Å². The Kier molecular flexibility index (Phi) is 4.73. The molecule has 0 spiro atoms. The maximum absolute atomic E-state index is 12.8. The van der Waals surface area contributed by atoms with E-state index in [2.05, 4.69) is 26.3 Å². The van der Waals surface area contributed by atoms with E-state index in [9.17, 15) is 4.79 Å². The maximum Gasteiger partial charge on any atom is 0.223 e. The fraction of sp³-hybridized carbons (Fsp3) is 0.450. The number of carbonyl (C=O) groups excluding carboxylic acids is 1. The van der Waals surface area contributed by atoms with Crippen LogP contribution >= 0.6 is 0 Å². The molecule has 1 atom stereocenters. The maximum atomic E-state index is 12.8. The van der Waals surface area contributed by atoms with Crippen molar-refractivity contribution in [2.24, 2.45) is 5.92 Å². The number of nitrogens with one attached hydrogen (secondary N) is 1. The summed E-state index contributed by atoms with van der Waals surface area (Å²) in [5.74, 6) is 1.14. The van der Waals surface area contributed by atoms with Crippen LogP contribution in [-0.4, -0.2) is 29.0 Å². The van der Waals surface area contributed by atoms with E-state index in [1.165, 1.54) is 11.1 Å². The second-order valence-electron chi connectivity index (χ2n) is 7.24. The number of fused-ring (bicyclic) bond motifs is 1. The van der Waals surface area contributed by atoms with Gasteiger partial charge < -0.3 is 16.0 Å². The van der Waals surface area contributed by atoms with Crippen molar-refractivity contribution in [2.75, 3.05) is 23.7 Å². The summed E-state index contributed by atoms with van der Waals surface area (Å²) in [6.07, 6.45) is 10.0. The largest absolute Gasteiger partial charge is 0.399 e. The van der Waals surface area contributed by atoms with Gasteiger partial charge in [0, 0.05) is 37.1 Å². The molecule has 1 unspecified atom stereocenters. The lowest BCUT2D eigenvalue weighted by Gasteiger charge is -2.33. The smallest absolute Gasteiger partial charge is 0.223 e. The average Bonchev–Trinajstić information content (AvgIpc) is 2.69. The zero-order chi connectivity index (χ0) is 17.9. The highest BCUT2D eigenvalue weighted by atomic mass is 16.1. The van der Waals surface area contributed by atoms with Gasteiger partial charge in [0.1, 0.15) is 5.82 Å². The second-order valence-corrected chi connectivity index (χ2v) is 7.24. The Hall–Kier alpha value is -2.63. The molecule has 0 bridgehead atoms. The SMILES string of the molecule is Nc1ccc2c(c1)CCCC2NC(=O)C1CCN(c2cnccn2)CC1. The zero-order valence-electron chi connectivity index (χ0n) is 14.9. The van der Waals surface area contributed by atoms with Crippen LogP contribution in [0.2, 0.25) is 0 Å². The van der Waals surface area contributed by atoms with Gasteiger partial charge in [-0.1, -0.05) is 6.07 Å². The molecule has 1 aliphatic carbocycles. The van der Waals surface area contributed by atoms with E-state index < -0.39 is 0 Å². The van der Waals surface area contributed by atoms with Crippen LogP contribution in [0, 0.1) is 5.92 Å². The molecule has 1 aromatic heterocycles. The van der Waals surface area contributed by atoms with Crippen LogP contribution in [-0.2, 0) is 11.2 Å². The van der Waals surface area contributed by atoms with E-state index in [-0.39, 0.29) is 17.9 Å². The van der Waals surface area contributed by atoms with Crippen molar-refractivity contribution in [2.45, 2.75) is 38.1 Å². The predicted molar refractivity (Wildman–Crippen MR) is 102 cm³/mol. The number of nitrogen functional groups attached to an aromatic ring is 1. The number of nitrogens with zero attached hydrogens (tertiary/aromatic N) is 3. The highest BCUT2D eigenvalue weighted by Gasteiger charge is 2.29. The van der Waals surface area contributed by atoms with Gasteiger partial charge in [0.2, 0.25) is 5.91 Å². The van der Waals surface area contributed by atoms with Crippen molar-refractivity contribution in [1.29, 1.82) is 0 Å². The van der Waals surface area contributed by atoms with E-state index >= 15 is 0 Å². The molecule has 1 aliphatic heterocycles. The Labute approximate surface area is 153 Å². The van der Waals surface area contributed by atoms with Crippen LogP contribution in [0.5, 0.6) is 0 Å². The minimum atomic E-state index is 0.0714. The van der Waals surface area contributed by atoms with Crippen LogP contribution in [0.1, 0.15) is 42.9 Å². The summed E-state index contributed by atoms with van der Waals surface area (Å²) in [7, 11) is 0. The summed E-state index contributed by atoms with van der Waals surface area (Å²) in [5.41, 5.74) is 9.21. The van der Waals surface area contributed by atoms with Gasteiger partial charge >= 0.3 is 0 Å². The Morgan fingerprint density at radius 1 is 1.19 bits per heavy atom. The number of anilines is 2. The number of benzene rings is 1. The molecule has 0 radical (unpaired) electrons. The number of aryl methyl sites for hydroxylation is 1. The van der Waals surface area contributed by atoms with E-state index in [4.69, 9.17) is 5.73 Å². The van der Waals surface area contributed by atoms with E-state index in [0.29, 0.717) is 0 Å². The van der Waals surface area contributed by atoms with Crippen molar-refractivity contribution < 1.29 is 4.79 Å². The molecular weight excluding hydrogens is 326 g/mol. The molecule has 6 heteroatoms. The van der Waals surface area contributed by atoms with Crippen molar-refractivity contribution in [1.82, 2.24) is 15.3 Å². The number of piperidine rings is 1. The first-order valence-electron chi connectivity index (χ1n) is 9.40. The van der Waals surface area contributed by atoms with Gasteiger partial charge in [-0.05, 0) is 55.4 Å². The van der Waals surface area contributed by atoms with Gasteiger partial charge in [-0.2, -0.15) is 0 Å². The number of aromatic nitrogens is 2. The van der Waals surface area contributed by atoms with E-state index in [1.54, 1.807) is 18.6 Å². The number of nitrogens with two attached hydrogens (primary N) is 1. The molecule has 2 heterocycles. The zero-order valence-corrected chi connectivity index (χ0v) is 14.9. The minimum Gasteiger partial charge on any atom is -0.399 e. The highest BCUT2D eigenvalue weighted by Crippen LogP contribution is 2.32. The van der Waals surface area contributed by atoms with Crippen LogP contribution in [0.25, 0.3) is 0 Å². The molecule has 2 aromatic rings. The molecule has 0 saturated carbocycles. The number of amides is 1. The first-order valence-corrected chi connectivity index (χ1v) is 9.40. The fourth-order valence-electron chi connectivity index (χ4n) is 4.10. The van der Waals surface area contributed by atoms with Crippen LogP contribution in [0.4, 0.5) is 11.5 Å². The molecule has 1 amide bonds. The molecule has 4 rings (SSSR count). The lowest BCUT2D eigenvalue weighted by Crippen LogP contribution is -2.42. The summed E-state index contributed by atoms with van der Waals surface area (Å²) in [5, 5.41) is 3.29. The molecule has 26 heavy (non-hydrogen) atoms. The van der Waals surface area contributed by atoms with Crippen LogP contribution < -0.4 is 16.0 Å². The van der Waals surface area contributed by atoms with Crippen molar-refractivity contribution in [3.63, 3.8) is 0 Å². The summed E-state index contributed by atoms with van der Waals surface area (Å²) in [4.78, 5) is 23.5. The van der Waals surface area contributed by atoms with Gasteiger partial charge in [0.15, 0.2) is 0 Å². The third-order valence-electron chi connectivity index (χ3n) is 5.54. The summed E-state index contributed by atoms with van der Waals surface area (Å²) < 4.78 is 0. The van der Waals surface area contributed by atoms with Crippen molar-refractivity contribution in [3.05, 3.63) is 47.9 Å². The molecule has 136 valence electrons. The average molecular weight is 351 g/mol. The normalized spacial score (nSPS) is 20.5. The van der Waals surface area contributed by atoms with Gasteiger partial charge in [-0.25, -0.2) is 4.98 Å². The number of hydrogen-bond donors (Lipinski definition) is 2. The van der Waals surface area contributed by atoms with Gasteiger partial charge in [0.05, 0.1) is 12.2 Å². The van der Waals surface area contributed by atoms with Crippen molar-refractivity contribution >= 4 is 17.4 Å². The monoisotopic (exact) mass is 351 g/mol. The first-order chi connectivity index (χ1) is 12.7. The molecule has 1 fully saturated rings. The Morgan fingerprint density at radius 3 is 2.81 bits per heavy atom. The van der Waals surface area contributed by atoms with E-state index in [1.807, 2.05) is 12.1 Å². The fourth-order valence-corrected chi connectivity index (χ4v) is 4.10. The van der Waals surface area contributed by atoms with Gasteiger partial charge in [0.25, 0.3) is 0 Å². The lowest BCUT2D eigenvalue weighted by molar-refractivity contribution is -0.126. The second kappa shape index (κ2) is 7.32. The quantitative estimate of drug-likeness (QED) is 0.830. The van der Waals surface area contributed by atoms with Crippen molar-refractivity contribution in [3.8, 4) is 0 Å². The molecule has 6 nitrogen and oxygen atoms in total. The molecule has 1 saturated heterocycles. The number of carbonyl (C=O) groups is 1. The standard InChI is InChI=1S/C20H25N5O/c21-16-4-5-17-15(12-16)2-1-3-18(17)24-20(26)14-6-10-25(11-7-14)19-13-22-8-9-23-19/h4-5,8-9,12-14,18H,1-3,6-7,10-11,21H2,(H,24,26). The topological polar surface area (TPSA) is 84.1 Å². The third kappa shape index (κ3) is 3.49. The summed E-state index contributed by atoms with van der Waals surface area (Å²) >= 11 is 0. The van der Waals surface area contributed by atoms with Crippen LogP contribution in [0.15, 0.2) is 36.8 Å². The third-order valence-corrected chi connectivity index (χ3v) is 5.54. The molecule has 1 aromatic carbocycles. The first kappa shape index (κ1) is 16.8. The van der Waals surface area contributed by atoms with Gasteiger partial charge in [-0.3, -0.25) is 9.78 Å². The Bertz CT molecular complexity index is 771. The summed E-state index contributed by atoms with van der Waals surface area (Å²) in [6.45, 7) is 1.68. The number of rotatable bonds is 3. The van der Waals surface area contributed by atoms with Crippen LogP contribution in [0.3, 0.4) is 0 Å². The van der Waals surface area contributed by atoms with E-state index in [0.717, 1.165) is 56.7 Å².